The van der Waals surface area contributed by atoms with Crippen LogP contribution in [0, 0.1) is 4.91 Å². The molecule has 0 radical (unpaired) electrons. The summed E-state index contributed by atoms with van der Waals surface area (Å²) in [4.78, 5) is 40.8. The van der Waals surface area contributed by atoms with Gasteiger partial charge in [-0.2, -0.15) is 0 Å². The minimum atomic E-state index is -0.387. The largest absolute Gasteiger partial charge is 0.462 e. The fraction of sp³-hybridized carbons (Fsp3) is 0.462. The molecule has 8 nitrogen and oxygen atoms in total. The number of esters is 1. The number of anilines is 1. The van der Waals surface area contributed by atoms with Gasteiger partial charge in [0.05, 0.1) is 30.9 Å². The molecule has 4 rings (SSSR count). The van der Waals surface area contributed by atoms with Crippen LogP contribution < -0.4 is 4.90 Å². The number of amides is 1. The van der Waals surface area contributed by atoms with Crippen molar-refractivity contribution in [2.24, 2.45) is 5.18 Å². The van der Waals surface area contributed by atoms with Crippen LogP contribution in [0.25, 0.3) is 0 Å². The van der Waals surface area contributed by atoms with E-state index in [1.54, 1.807) is 37.3 Å². The van der Waals surface area contributed by atoms with Crippen LogP contribution in [0.5, 0.6) is 0 Å². The molecule has 35 heavy (non-hydrogen) atoms. The Morgan fingerprint density at radius 1 is 1.09 bits per heavy atom. The molecule has 2 aliphatic heterocycles. The zero-order valence-electron chi connectivity index (χ0n) is 19.9. The van der Waals surface area contributed by atoms with Crippen LogP contribution >= 0.6 is 11.6 Å². The van der Waals surface area contributed by atoms with Crippen LogP contribution in [0.1, 0.15) is 58.4 Å². The second kappa shape index (κ2) is 11.6. The highest BCUT2D eigenvalue weighted by atomic mass is 35.5. The van der Waals surface area contributed by atoms with Crippen molar-refractivity contribution in [1.82, 2.24) is 4.90 Å². The lowest BCUT2D eigenvalue weighted by molar-refractivity contribution is 0.0526. The summed E-state index contributed by atoms with van der Waals surface area (Å²) in [5.41, 5.74) is 2.97. The number of ether oxygens (including phenoxy) is 2. The fourth-order valence-electron chi connectivity index (χ4n) is 4.81. The lowest BCUT2D eigenvalue weighted by atomic mass is 9.91. The smallest absolute Gasteiger partial charge is 0.338 e. The highest BCUT2D eigenvalue weighted by Gasteiger charge is 2.27. The summed E-state index contributed by atoms with van der Waals surface area (Å²) < 4.78 is 10.5. The molecule has 2 saturated heterocycles. The number of hydrogen-bond acceptors (Lipinski definition) is 7. The lowest BCUT2D eigenvalue weighted by Gasteiger charge is -2.31. The molecular weight excluding hydrogens is 470 g/mol. The molecule has 1 unspecified atom stereocenters. The second-order valence-electron chi connectivity index (χ2n) is 8.77. The number of carbonyl (C=O) groups excluding carboxylic acids is 2. The van der Waals surface area contributed by atoms with E-state index in [-0.39, 0.29) is 23.5 Å². The molecule has 0 N–H and O–H groups in total. The first kappa shape index (κ1) is 25.1. The zero-order valence-corrected chi connectivity index (χ0v) is 20.6. The maximum Gasteiger partial charge on any atom is 0.338 e. The van der Waals surface area contributed by atoms with E-state index in [9.17, 15) is 14.5 Å². The summed E-state index contributed by atoms with van der Waals surface area (Å²) in [6.07, 6.45) is 2.46. The van der Waals surface area contributed by atoms with Gasteiger partial charge < -0.3 is 19.3 Å². The summed E-state index contributed by atoms with van der Waals surface area (Å²) in [5, 5.41) is 3.59. The number of rotatable bonds is 6. The van der Waals surface area contributed by atoms with E-state index in [0.29, 0.717) is 62.1 Å². The molecule has 0 aliphatic carbocycles. The number of carbonyl (C=O) groups is 2. The van der Waals surface area contributed by atoms with Crippen molar-refractivity contribution in [3.05, 3.63) is 63.0 Å². The Morgan fingerprint density at radius 3 is 2.60 bits per heavy atom. The van der Waals surface area contributed by atoms with E-state index in [4.69, 9.17) is 21.1 Å². The molecule has 1 amide bonds. The number of nitrogens with zero attached hydrogens (tertiary/aromatic N) is 3. The number of morpholine rings is 1. The van der Waals surface area contributed by atoms with Gasteiger partial charge in [0, 0.05) is 36.9 Å². The van der Waals surface area contributed by atoms with Crippen molar-refractivity contribution in [3.63, 3.8) is 0 Å². The van der Waals surface area contributed by atoms with Crippen LogP contribution in [0.3, 0.4) is 0 Å². The first-order valence-electron chi connectivity index (χ1n) is 12.1. The van der Waals surface area contributed by atoms with E-state index >= 15 is 0 Å². The van der Waals surface area contributed by atoms with Crippen LogP contribution in [0.2, 0.25) is 5.02 Å². The van der Waals surface area contributed by atoms with E-state index < -0.39 is 0 Å². The summed E-state index contributed by atoms with van der Waals surface area (Å²) in [5.74, 6) is -0.304. The Hall–Kier alpha value is -2.97. The third kappa shape index (κ3) is 5.82. The fourth-order valence-corrected chi connectivity index (χ4v) is 5.15. The van der Waals surface area contributed by atoms with Crippen molar-refractivity contribution < 1.29 is 19.1 Å². The predicted molar refractivity (Wildman–Crippen MR) is 135 cm³/mol. The van der Waals surface area contributed by atoms with Gasteiger partial charge in [0.1, 0.15) is 5.69 Å². The van der Waals surface area contributed by atoms with E-state index in [0.717, 1.165) is 30.5 Å². The first-order valence-corrected chi connectivity index (χ1v) is 12.5. The average molecular weight is 500 g/mol. The summed E-state index contributed by atoms with van der Waals surface area (Å²) in [6.45, 7) is 5.85. The van der Waals surface area contributed by atoms with E-state index in [2.05, 4.69) is 10.1 Å². The molecule has 1 atom stereocenters. The Kier molecular flexibility index (Phi) is 8.36. The minimum absolute atomic E-state index is 0.0959. The molecule has 0 aromatic heterocycles. The average Bonchev–Trinajstić information content (AvgIpc) is 3.14. The maximum atomic E-state index is 13.6. The summed E-state index contributed by atoms with van der Waals surface area (Å²) in [6, 6.07) is 10.4. The molecule has 9 heteroatoms. The van der Waals surface area contributed by atoms with Crippen molar-refractivity contribution >= 4 is 34.9 Å². The Labute approximate surface area is 210 Å². The number of halogens is 1. The molecule has 2 heterocycles. The van der Waals surface area contributed by atoms with E-state index in [1.165, 1.54) is 0 Å². The van der Waals surface area contributed by atoms with Gasteiger partial charge in [0.15, 0.2) is 0 Å². The molecule has 0 saturated carbocycles. The Balaban J connectivity index is 1.50. The van der Waals surface area contributed by atoms with Gasteiger partial charge in [0.25, 0.3) is 5.91 Å². The maximum absolute atomic E-state index is 13.6. The monoisotopic (exact) mass is 499 g/mol. The Bertz CT molecular complexity index is 1090. The highest BCUT2D eigenvalue weighted by molar-refractivity contribution is 6.31. The van der Waals surface area contributed by atoms with Crippen molar-refractivity contribution in [2.45, 2.75) is 32.1 Å². The topological polar surface area (TPSA) is 88.5 Å². The van der Waals surface area contributed by atoms with Gasteiger partial charge in [-0.3, -0.25) is 4.79 Å². The number of hydrogen-bond donors (Lipinski definition) is 0. The molecule has 2 aliphatic rings. The normalized spacial score (nSPS) is 18.6. The lowest BCUT2D eigenvalue weighted by Crippen LogP contribution is -2.39. The van der Waals surface area contributed by atoms with Crippen LogP contribution in [-0.2, 0) is 9.47 Å². The van der Waals surface area contributed by atoms with Crippen molar-refractivity contribution in [3.8, 4) is 0 Å². The summed E-state index contributed by atoms with van der Waals surface area (Å²) >= 11 is 6.55. The Morgan fingerprint density at radius 2 is 1.89 bits per heavy atom. The van der Waals surface area contributed by atoms with Gasteiger partial charge >= 0.3 is 5.97 Å². The number of likely N-dealkylation sites (tertiary alicyclic amines) is 1. The van der Waals surface area contributed by atoms with Crippen molar-refractivity contribution in [2.75, 3.05) is 50.9 Å². The first-order chi connectivity index (χ1) is 17.0. The zero-order chi connectivity index (χ0) is 24.8. The molecule has 0 bridgehead atoms. The standard InChI is InChI=1S/C26H30ClN3O5/c1-2-35-26(32)19-5-7-21(23(27)16-19)18-4-3-10-30(11-9-18)25(31)22-17-20(28-33)6-8-24(22)29-12-14-34-15-13-29/h5-8,16-18H,2-4,9-15H2,1H3. The quantitative estimate of drug-likeness (QED) is 0.403. The molecular formula is C26H30ClN3O5. The molecule has 186 valence electrons. The number of benzene rings is 2. The molecule has 2 fully saturated rings. The molecule has 2 aromatic carbocycles. The van der Waals surface area contributed by atoms with Crippen LogP contribution in [0.4, 0.5) is 11.4 Å². The van der Waals surface area contributed by atoms with E-state index in [1.807, 2.05) is 11.0 Å². The molecule has 0 spiro atoms. The second-order valence-corrected chi connectivity index (χ2v) is 9.18. The predicted octanol–water partition coefficient (Wildman–Crippen LogP) is 5.16. The van der Waals surface area contributed by atoms with Gasteiger partial charge in [-0.1, -0.05) is 17.7 Å². The SMILES string of the molecule is CCOC(=O)c1ccc(C2CCCN(C(=O)c3cc(N=O)ccc3N3CCOCC3)CC2)c(Cl)c1. The van der Waals surface area contributed by atoms with Crippen LogP contribution in [0.15, 0.2) is 41.6 Å². The van der Waals surface area contributed by atoms with Gasteiger partial charge in [-0.05, 0) is 73.2 Å². The van der Waals surface area contributed by atoms with Crippen LogP contribution in [-0.4, -0.2) is 62.8 Å². The summed E-state index contributed by atoms with van der Waals surface area (Å²) in [7, 11) is 0. The van der Waals surface area contributed by atoms with Gasteiger partial charge in [0.2, 0.25) is 0 Å². The third-order valence-electron chi connectivity index (χ3n) is 6.63. The third-order valence-corrected chi connectivity index (χ3v) is 6.96. The molecule has 2 aromatic rings. The number of nitroso groups, excluding NO2 is 1. The van der Waals surface area contributed by atoms with Gasteiger partial charge in [-0.25, -0.2) is 4.79 Å². The highest BCUT2D eigenvalue weighted by Crippen LogP contribution is 2.35. The van der Waals surface area contributed by atoms with Crippen molar-refractivity contribution in [1.29, 1.82) is 0 Å². The minimum Gasteiger partial charge on any atom is -0.462 e. The van der Waals surface area contributed by atoms with Gasteiger partial charge in [-0.15, -0.1) is 4.91 Å².